The Morgan fingerprint density at radius 1 is 0.815 bits per heavy atom. The predicted molar refractivity (Wildman–Crippen MR) is 420 cm³/mol. The van der Waals surface area contributed by atoms with E-state index in [-0.39, 0.29) is 54.4 Å². The van der Waals surface area contributed by atoms with Crippen molar-refractivity contribution in [3.63, 3.8) is 0 Å². The van der Waals surface area contributed by atoms with E-state index in [1.165, 1.54) is 45.5 Å². The standard InChI is InChI=1S/C79H101ClF3N11O10S4/c1-53(55-19-21-57(22-20-55)72-54(2)84-51-106-72)85-75(99)68-45-63(95)49-94(68)76(100)73(77(3,4)5)87-70(96)17-12-13-18-71(97)93-37-14-36-91(41-44-93)52-89(8)38-34-61(50-105-64-15-10-9-11-16-64)86-67-32-31-65(46-69(67)107(101,102)79(81,82)83)108(103,104)88-74(98)58-25-29-62(30-26-58)92-42-39-90(40-43-92)48-59-47-78(6,7)35-33-66(59)56-23-27-60(80)28-24-56/h9-11,15-16,19-32,46,51,53,61,63,68,73,86,95H,12-14,17-18,33-45,47-50,52H2,1-8H3,(H,85,99)(H,87,96)(H,88,98)/t53-,61+,63+,68-,73+/m0/s1. The first kappa shape index (κ1) is 83.1. The van der Waals surface area contributed by atoms with Gasteiger partial charge in [0.1, 0.15) is 17.0 Å². The van der Waals surface area contributed by atoms with Gasteiger partial charge in [0, 0.05) is 124 Å². The number of hydrogen-bond acceptors (Lipinski definition) is 18. The number of carbonyl (C=O) groups is 5. The van der Waals surface area contributed by atoms with E-state index in [0.717, 1.165) is 83.3 Å². The summed E-state index contributed by atoms with van der Waals surface area (Å²) in [7, 11) is -9.25. The average Bonchev–Trinajstić information content (AvgIpc) is 0.898. The third-order valence-electron chi connectivity index (χ3n) is 20.6. The Hall–Kier alpha value is -7.41. The molecule has 4 heterocycles. The second-order valence-electron chi connectivity index (χ2n) is 30.7. The number of nitrogens with one attached hydrogen (secondary N) is 4. The monoisotopic (exact) mass is 1580 g/mol. The molecular formula is C79H101ClF3N11O10S4. The van der Waals surface area contributed by atoms with Crippen LogP contribution in [0.15, 0.2) is 147 Å². The van der Waals surface area contributed by atoms with Crippen molar-refractivity contribution < 1.29 is 59.1 Å². The summed E-state index contributed by atoms with van der Waals surface area (Å²) in [5.74, 6) is -2.12. The molecule has 0 bridgehead atoms. The Kier molecular flexibility index (Phi) is 27.8. The number of aliphatic hydroxyl groups excluding tert-OH is 1. The Morgan fingerprint density at radius 2 is 1.49 bits per heavy atom. The number of nitrogens with zero attached hydrogens (tertiary/aromatic N) is 7. The maximum atomic E-state index is 14.6. The number of halogens is 4. The zero-order chi connectivity index (χ0) is 77.9. The van der Waals surface area contributed by atoms with Crippen LogP contribution in [0.5, 0.6) is 0 Å². The number of alkyl halides is 3. The van der Waals surface area contributed by atoms with Crippen LogP contribution in [0.25, 0.3) is 16.0 Å². The highest BCUT2D eigenvalue weighted by Crippen LogP contribution is 2.44. The molecule has 21 nitrogen and oxygen atoms in total. The number of thiazole rings is 1. The largest absolute Gasteiger partial charge is 0.501 e. The minimum Gasteiger partial charge on any atom is -0.391 e. The molecule has 1 aliphatic carbocycles. The number of piperazine rings is 1. The molecule has 0 saturated carbocycles. The van der Waals surface area contributed by atoms with Crippen molar-refractivity contribution in [3.8, 4) is 10.4 Å². The first-order chi connectivity index (χ1) is 51.1. The summed E-state index contributed by atoms with van der Waals surface area (Å²) >= 11 is 9.18. The van der Waals surface area contributed by atoms with Crippen LogP contribution in [0.2, 0.25) is 5.02 Å². The molecule has 3 fully saturated rings. The molecule has 5 amide bonds. The van der Waals surface area contributed by atoms with Crippen molar-refractivity contribution in [1.82, 2.24) is 44.8 Å². The summed E-state index contributed by atoms with van der Waals surface area (Å²) in [5, 5.41) is 20.4. The molecule has 29 heteroatoms. The number of thioether (sulfide) groups is 1. The third-order valence-corrected chi connectivity index (χ3v) is 25.9. The minimum atomic E-state index is -6.19. The van der Waals surface area contributed by atoms with E-state index in [0.29, 0.717) is 89.3 Å². The van der Waals surface area contributed by atoms with E-state index in [4.69, 9.17) is 11.6 Å². The van der Waals surface area contributed by atoms with Gasteiger partial charge in [-0.15, -0.1) is 23.1 Å². The van der Waals surface area contributed by atoms with Crippen molar-refractivity contribution in [2.45, 2.75) is 163 Å². The molecule has 3 saturated heterocycles. The number of aliphatic hydroxyl groups is 1. The number of sulfonamides is 1. The zero-order valence-electron chi connectivity index (χ0n) is 62.7. The van der Waals surface area contributed by atoms with Gasteiger partial charge in [0.05, 0.1) is 45.5 Å². The molecule has 1 aromatic heterocycles. The number of benzene rings is 5. The lowest BCUT2D eigenvalue weighted by molar-refractivity contribution is -0.144. The van der Waals surface area contributed by atoms with Gasteiger partial charge in [-0.2, -0.15) is 13.2 Å². The molecule has 108 heavy (non-hydrogen) atoms. The normalized spacial score (nSPS) is 18.7. The second kappa shape index (κ2) is 36.2. The lowest BCUT2D eigenvalue weighted by atomic mass is 9.73. The minimum absolute atomic E-state index is 0.0398. The molecule has 0 radical (unpaired) electrons. The second-order valence-corrected chi connectivity index (χ2v) is 36.7. The highest BCUT2D eigenvalue weighted by Gasteiger charge is 2.49. The molecule has 584 valence electrons. The van der Waals surface area contributed by atoms with Crippen molar-refractivity contribution in [3.05, 3.63) is 160 Å². The van der Waals surface area contributed by atoms with Gasteiger partial charge in [-0.05, 0) is 166 Å². The first-order valence-corrected chi connectivity index (χ1v) is 42.1. The number of anilines is 2. The van der Waals surface area contributed by atoms with Gasteiger partial charge in [-0.25, -0.2) is 26.5 Å². The number of allylic oxidation sites excluding steroid dienone is 1. The number of amides is 5. The Bertz CT molecular complexity index is 4390. The Labute approximate surface area is 646 Å². The van der Waals surface area contributed by atoms with Gasteiger partial charge in [0.25, 0.3) is 25.8 Å². The quantitative estimate of drug-likeness (QED) is 0.0216. The molecule has 6 aromatic rings. The number of β-amino-alcohol motifs (C(OH)–C–C–N with tert-alkyl or cyclic N) is 1. The summed E-state index contributed by atoms with van der Waals surface area (Å²) in [6.45, 7) is 20.6. The van der Waals surface area contributed by atoms with E-state index >= 15 is 0 Å². The summed E-state index contributed by atoms with van der Waals surface area (Å²) in [4.78, 5) is 85.1. The summed E-state index contributed by atoms with van der Waals surface area (Å²) in [5.41, 5.74) is 2.51. The number of likely N-dealkylation sites (tertiary alicyclic amines) is 1. The molecule has 5 aromatic carbocycles. The lowest BCUT2D eigenvalue weighted by Gasteiger charge is -2.39. The molecular weight excluding hydrogens is 1480 g/mol. The van der Waals surface area contributed by atoms with Crippen LogP contribution in [0.3, 0.4) is 0 Å². The van der Waals surface area contributed by atoms with E-state index in [2.05, 4.69) is 61.6 Å². The molecule has 5 N–H and O–H groups in total. The molecule has 3 aliphatic heterocycles. The highest BCUT2D eigenvalue weighted by molar-refractivity contribution is 7.99. The number of rotatable bonds is 29. The molecule has 0 spiro atoms. The molecule has 5 atom stereocenters. The topological polar surface area (TPSA) is 254 Å². The number of aryl methyl sites for hydroxylation is 1. The fourth-order valence-electron chi connectivity index (χ4n) is 14.4. The number of aromatic nitrogens is 1. The summed E-state index contributed by atoms with van der Waals surface area (Å²) in [6, 6.07) is 30.8. The highest BCUT2D eigenvalue weighted by atomic mass is 35.5. The fraction of sp³-hybridized carbons (Fsp3) is 0.494. The van der Waals surface area contributed by atoms with Crippen LogP contribution < -0.4 is 25.6 Å². The van der Waals surface area contributed by atoms with Crippen LogP contribution in [0.4, 0.5) is 24.5 Å². The maximum absolute atomic E-state index is 14.6. The van der Waals surface area contributed by atoms with Crippen LogP contribution in [0, 0.1) is 17.8 Å². The first-order valence-electron chi connectivity index (χ1n) is 36.9. The Morgan fingerprint density at radius 3 is 2.16 bits per heavy atom. The molecule has 10 rings (SSSR count). The predicted octanol–water partition coefficient (Wildman–Crippen LogP) is 12.3. The van der Waals surface area contributed by atoms with E-state index in [1.54, 1.807) is 33.9 Å². The smallest absolute Gasteiger partial charge is 0.391 e. The maximum Gasteiger partial charge on any atom is 0.501 e. The van der Waals surface area contributed by atoms with Crippen molar-refractivity contribution in [2.24, 2.45) is 10.8 Å². The van der Waals surface area contributed by atoms with Gasteiger partial charge in [0.2, 0.25) is 23.6 Å². The van der Waals surface area contributed by atoms with Crippen molar-refractivity contribution in [1.29, 1.82) is 0 Å². The third kappa shape index (κ3) is 22.0. The van der Waals surface area contributed by atoms with Gasteiger partial charge >= 0.3 is 5.51 Å². The van der Waals surface area contributed by atoms with E-state index < -0.39 is 94.3 Å². The number of unbranched alkanes of at least 4 members (excludes halogenated alkanes) is 1. The summed E-state index contributed by atoms with van der Waals surface area (Å²) in [6.07, 6.45) is 4.20. The SMILES string of the molecule is Cc1ncsc1-c1ccc([C@H](C)NC(=O)[C@@H]2C[C@@H](O)CN2C(=O)[C@@H](NC(=O)CCCCC(=O)N2CCCN(CN(C)CC[C@H](CSc3ccccc3)Nc3ccc(S(=O)(=O)NC(=O)c4ccc(N5CCN(CC6=C(c7ccc(Cl)cc7)CCC(C)(C)C6)CC5)cc4)cc3S(=O)(=O)C(F)(F)F)CC2)C(C)(C)C)cc1. The van der Waals surface area contributed by atoms with Crippen LogP contribution in [-0.4, -0.2) is 202 Å². The lowest BCUT2D eigenvalue weighted by Crippen LogP contribution is -2.57. The van der Waals surface area contributed by atoms with Crippen molar-refractivity contribution in [2.75, 3.05) is 102 Å². The molecule has 4 aliphatic rings. The van der Waals surface area contributed by atoms with Crippen LogP contribution in [-0.2, 0) is 39.0 Å². The van der Waals surface area contributed by atoms with Crippen LogP contribution in [0.1, 0.15) is 139 Å². The average molecular weight is 1590 g/mol. The summed E-state index contributed by atoms with van der Waals surface area (Å²) < 4.78 is 101. The van der Waals surface area contributed by atoms with Gasteiger partial charge < -0.3 is 35.8 Å². The number of hydrogen-bond donors (Lipinski definition) is 5. The Balaban J connectivity index is 0.694. The van der Waals surface area contributed by atoms with Crippen LogP contribution >= 0.6 is 34.7 Å². The van der Waals surface area contributed by atoms with E-state index in [1.807, 2.05) is 118 Å². The fourth-order valence-corrected chi connectivity index (χ4v) is 18.4. The van der Waals surface area contributed by atoms with E-state index in [9.17, 15) is 59.1 Å². The zero-order valence-corrected chi connectivity index (χ0v) is 66.7. The number of carbonyl (C=O) groups excluding carboxylic acids is 5. The van der Waals surface area contributed by atoms with Gasteiger partial charge in [-0.1, -0.05) is 106 Å². The van der Waals surface area contributed by atoms with Gasteiger partial charge in [0.15, 0.2) is 0 Å². The van der Waals surface area contributed by atoms with Gasteiger partial charge in [-0.3, -0.25) is 38.7 Å². The number of sulfone groups is 1. The van der Waals surface area contributed by atoms with Crippen molar-refractivity contribution >= 4 is 101 Å². The molecule has 0 unspecified atom stereocenters.